The second-order valence-corrected chi connectivity index (χ2v) is 4.79. The number of hydrogen-bond donors (Lipinski definition) is 2. The molecule has 0 spiro atoms. The molecule has 0 radical (unpaired) electrons. The molecule has 2 heterocycles. The lowest BCUT2D eigenvalue weighted by Crippen LogP contribution is -2.29. The third-order valence-corrected chi connectivity index (χ3v) is 3.90. The molecule has 2 aromatic rings. The summed E-state index contributed by atoms with van der Waals surface area (Å²) in [5, 5.41) is 8.43. The molecule has 0 aliphatic carbocycles. The highest BCUT2D eigenvalue weighted by Gasteiger charge is 2.18. The van der Waals surface area contributed by atoms with Gasteiger partial charge < -0.3 is 0 Å². The Morgan fingerprint density at radius 2 is 2.40 bits per heavy atom. The van der Waals surface area contributed by atoms with Crippen LogP contribution in [0.4, 0.5) is 0 Å². The van der Waals surface area contributed by atoms with Gasteiger partial charge in [0.25, 0.3) is 0 Å². The summed E-state index contributed by atoms with van der Waals surface area (Å²) in [6.45, 7) is 0. The number of thiophene rings is 1. The summed E-state index contributed by atoms with van der Waals surface area (Å²) < 4.78 is 2.82. The van der Waals surface area contributed by atoms with Crippen LogP contribution >= 0.6 is 27.3 Å². The van der Waals surface area contributed by atoms with Crippen molar-refractivity contribution < 1.29 is 0 Å². The molecular formula is C9H11BrN4S. The molecule has 15 heavy (non-hydrogen) atoms. The van der Waals surface area contributed by atoms with Crippen molar-refractivity contribution in [3.8, 4) is 0 Å². The van der Waals surface area contributed by atoms with Crippen molar-refractivity contribution in [1.29, 1.82) is 0 Å². The number of nitrogens with two attached hydrogens (primary N) is 1. The quantitative estimate of drug-likeness (QED) is 0.668. The molecule has 0 bridgehead atoms. The van der Waals surface area contributed by atoms with Gasteiger partial charge in [-0.15, -0.1) is 0 Å². The van der Waals surface area contributed by atoms with Crippen molar-refractivity contribution in [2.24, 2.45) is 12.9 Å². The number of rotatable bonds is 3. The van der Waals surface area contributed by atoms with Crippen LogP contribution in [0.2, 0.25) is 0 Å². The molecule has 0 aliphatic rings. The van der Waals surface area contributed by atoms with E-state index in [1.54, 1.807) is 16.0 Å². The SMILES string of the molecule is Cn1ccc(C(NN)c2cscc2Br)n1. The van der Waals surface area contributed by atoms with Gasteiger partial charge in [0, 0.05) is 28.7 Å². The fraction of sp³-hybridized carbons (Fsp3) is 0.222. The van der Waals surface area contributed by atoms with E-state index >= 15 is 0 Å². The summed E-state index contributed by atoms with van der Waals surface area (Å²) in [6.07, 6.45) is 1.90. The van der Waals surface area contributed by atoms with E-state index in [2.05, 4.69) is 31.8 Å². The average molecular weight is 287 g/mol. The van der Waals surface area contributed by atoms with Crippen LogP contribution < -0.4 is 11.3 Å². The van der Waals surface area contributed by atoms with Gasteiger partial charge in [-0.3, -0.25) is 10.5 Å². The number of aryl methyl sites for hydroxylation is 1. The van der Waals surface area contributed by atoms with Gasteiger partial charge in [0.05, 0.1) is 11.7 Å². The first-order valence-electron chi connectivity index (χ1n) is 4.39. The zero-order valence-electron chi connectivity index (χ0n) is 8.14. The van der Waals surface area contributed by atoms with Gasteiger partial charge in [-0.2, -0.15) is 16.4 Å². The molecule has 4 nitrogen and oxygen atoms in total. The number of hydrogen-bond acceptors (Lipinski definition) is 4. The van der Waals surface area contributed by atoms with Crippen LogP contribution in [0.3, 0.4) is 0 Å². The minimum atomic E-state index is -0.0631. The van der Waals surface area contributed by atoms with Crippen molar-refractivity contribution >= 4 is 27.3 Å². The topological polar surface area (TPSA) is 55.9 Å². The smallest absolute Gasteiger partial charge is 0.0918 e. The summed E-state index contributed by atoms with van der Waals surface area (Å²) in [5.41, 5.74) is 4.80. The molecule has 1 atom stereocenters. The van der Waals surface area contributed by atoms with Gasteiger partial charge in [0.15, 0.2) is 0 Å². The largest absolute Gasteiger partial charge is 0.275 e. The molecule has 0 aliphatic heterocycles. The highest BCUT2D eigenvalue weighted by Crippen LogP contribution is 2.30. The molecule has 0 saturated heterocycles. The van der Waals surface area contributed by atoms with Crippen molar-refractivity contribution in [2.75, 3.05) is 0 Å². The molecule has 0 saturated carbocycles. The van der Waals surface area contributed by atoms with E-state index in [0.717, 1.165) is 15.7 Å². The van der Waals surface area contributed by atoms with E-state index in [1.165, 1.54) is 0 Å². The second kappa shape index (κ2) is 4.44. The van der Waals surface area contributed by atoms with Crippen molar-refractivity contribution in [3.05, 3.63) is 38.8 Å². The number of hydrazine groups is 1. The molecule has 0 aromatic carbocycles. The highest BCUT2D eigenvalue weighted by atomic mass is 79.9. The Morgan fingerprint density at radius 3 is 2.87 bits per heavy atom. The van der Waals surface area contributed by atoms with E-state index in [-0.39, 0.29) is 6.04 Å². The van der Waals surface area contributed by atoms with E-state index in [0.29, 0.717) is 0 Å². The predicted molar refractivity (Wildman–Crippen MR) is 64.4 cm³/mol. The molecule has 6 heteroatoms. The third-order valence-electron chi connectivity index (χ3n) is 2.15. The van der Waals surface area contributed by atoms with Crippen LogP contribution in [0, 0.1) is 0 Å². The zero-order valence-corrected chi connectivity index (χ0v) is 10.5. The lowest BCUT2D eigenvalue weighted by atomic mass is 10.1. The van der Waals surface area contributed by atoms with Crippen molar-refractivity contribution in [2.45, 2.75) is 6.04 Å². The molecule has 1 unspecified atom stereocenters. The summed E-state index contributed by atoms with van der Waals surface area (Å²) in [5.74, 6) is 5.56. The maximum atomic E-state index is 5.56. The number of nitrogens with one attached hydrogen (secondary N) is 1. The van der Waals surface area contributed by atoms with Crippen LogP contribution in [0.5, 0.6) is 0 Å². The monoisotopic (exact) mass is 286 g/mol. The Hall–Kier alpha value is -0.690. The number of aromatic nitrogens is 2. The van der Waals surface area contributed by atoms with E-state index in [4.69, 9.17) is 5.84 Å². The fourth-order valence-electron chi connectivity index (χ4n) is 1.42. The van der Waals surface area contributed by atoms with Crippen LogP contribution in [0.15, 0.2) is 27.5 Å². The zero-order chi connectivity index (χ0) is 10.8. The summed E-state index contributed by atoms with van der Waals surface area (Å²) in [4.78, 5) is 0. The fourth-order valence-corrected chi connectivity index (χ4v) is 2.97. The number of nitrogens with zero attached hydrogens (tertiary/aromatic N) is 2. The van der Waals surface area contributed by atoms with Crippen LogP contribution in [0.1, 0.15) is 17.3 Å². The highest BCUT2D eigenvalue weighted by molar-refractivity contribution is 9.10. The maximum absolute atomic E-state index is 5.56. The van der Waals surface area contributed by atoms with Crippen LogP contribution in [-0.4, -0.2) is 9.78 Å². The molecule has 80 valence electrons. The predicted octanol–water partition coefficient (Wildman–Crippen LogP) is 1.80. The lowest BCUT2D eigenvalue weighted by molar-refractivity contribution is 0.603. The molecule has 2 aromatic heterocycles. The Bertz CT molecular complexity index is 450. The number of halogens is 1. The van der Waals surface area contributed by atoms with Gasteiger partial charge >= 0.3 is 0 Å². The summed E-state index contributed by atoms with van der Waals surface area (Å²) in [6, 6.07) is 1.89. The maximum Gasteiger partial charge on any atom is 0.0918 e. The van der Waals surface area contributed by atoms with E-state index < -0.39 is 0 Å². The average Bonchev–Trinajstić information content (AvgIpc) is 2.79. The minimum Gasteiger partial charge on any atom is -0.275 e. The van der Waals surface area contributed by atoms with Gasteiger partial charge in [0.2, 0.25) is 0 Å². The van der Waals surface area contributed by atoms with E-state index in [9.17, 15) is 0 Å². The van der Waals surface area contributed by atoms with Gasteiger partial charge in [-0.25, -0.2) is 5.43 Å². The third kappa shape index (κ3) is 2.12. The first kappa shape index (κ1) is 10.8. The van der Waals surface area contributed by atoms with Gasteiger partial charge in [0.1, 0.15) is 0 Å². The second-order valence-electron chi connectivity index (χ2n) is 3.19. The minimum absolute atomic E-state index is 0.0631. The molecular weight excluding hydrogens is 276 g/mol. The molecule has 0 amide bonds. The Balaban J connectivity index is 2.36. The molecule has 3 N–H and O–H groups in total. The Kier molecular flexibility index (Phi) is 3.20. The Labute approximate surface area is 100 Å². The van der Waals surface area contributed by atoms with Crippen molar-refractivity contribution in [3.63, 3.8) is 0 Å². The first-order valence-corrected chi connectivity index (χ1v) is 6.13. The molecule has 0 fully saturated rings. The van der Waals surface area contributed by atoms with Crippen LogP contribution in [-0.2, 0) is 7.05 Å². The molecule has 2 rings (SSSR count). The lowest BCUT2D eigenvalue weighted by Gasteiger charge is -2.12. The normalized spacial score (nSPS) is 13.0. The summed E-state index contributed by atoms with van der Waals surface area (Å²) >= 11 is 5.13. The van der Waals surface area contributed by atoms with Crippen molar-refractivity contribution in [1.82, 2.24) is 15.2 Å². The van der Waals surface area contributed by atoms with Gasteiger partial charge in [-0.1, -0.05) is 0 Å². The van der Waals surface area contributed by atoms with Crippen LogP contribution in [0.25, 0.3) is 0 Å². The van der Waals surface area contributed by atoms with Gasteiger partial charge in [-0.05, 0) is 27.4 Å². The van der Waals surface area contributed by atoms with E-state index in [1.807, 2.05) is 24.7 Å². The standard InChI is InChI=1S/C9H11BrN4S/c1-14-3-2-8(13-14)9(12-11)6-4-15-5-7(6)10/h2-5,9,12H,11H2,1H3. The Morgan fingerprint density at radius 1 is 1.60 bits per heavy atom. The summed E-state index contributed by atoms with van der Waals surface area (Å²) in [7, 11) is 1.89. The first-order chi connectivity index (χ1) is 7.22.